The van der Waals surface area contributed by atoms with Crippen LogP contribution in [0.1, 0.15) is 50.1 Å². The topological polar surface area (TPSA) is 51.2 Å². The molecule has 0 aliphatic heterocycles. The smallest absolute Gasteiger partial charge is 0.254 e. The third-order valence-electron chi connectivity index (χ3n) is 4.50. The minimum atomic E-state index is -0.394. The lowest BCUT2D eigenvalue weighted by Gasteiger charge is -2.18. The largest absolute Gasteiger partial charge is 0.368 e. The maximum atomic E-state index is 12.1. The Morgan fingerprint density at radius 3 is 2.95 bits per heavy atom. The van der Waals surface area contributed by atoms with Crippen LogP contribution in [0.5, 0.6) is 0 Å². The van der Waals surface area contributed by atoms with Crippen molar-refractivity contribution in [2.75, 3.05) is 11.9 Å². The van der Waals surface area contributed by atoms with E-state index in [1.807, 2.05) is 6.92 Å². The van der Waals surface area contributed by atoms with Gasteiger partial charge in [-0.25, -0.2) is 4.98 Å². The van der Waals surface area contributed by atoms with Crippen molar-refractivity contribution >= 4 is 22.4 Å². The number of ether oxygens (including phenoxy) is 1. The second kappa shape index (κ2) is 6.44. The summed E-state index contributed by atoms with van der Waals surface area (Å²) in [5.41, 5.74) is 1.19. The first kappa shape index (κ1) is 15.0. The number of nitrogens with zero attached hydrogens (tertiary/aromatic N) is 1. The summed E-state index contributed by atoms with van der Waals surface area (Å²) in [7, 11) is 0. The highest BCUT2D eigenvalue weighted by Gasteiger charge is 2.25. The zero-order valence-corrected chi connectivity index (χ0v) is 13.7. The van der Waals surface area contributed by atoms with Gasteiger partial charge in [0.1, 0.15) is 6.10 Å². The Morgan fingerprint density at radius 1 is 1.43 bits per heavy atom. The highest BCUT2D eigenvalue weighted by molar-refractivity contribution is 7.15. The van der Waals surface area contributed by atoms with Gasteiger partial charge in [-0.3, -0.25) is 10.1 Å². The Hall–Kier alpha value is -0.940. The molecule has 1 aromatic rings. The number of hydrogen-bond donors (Lipinski definition) is 1. The minimum absolute atomic E-state index is 0.0752. The molecule has 1 saturated carbocycles. The molecule has 116 valence electrons. The molecule has 1 heterocycles. The van der Waals surface area contributed by atoms with Crippen LogP contribution in [0.15, 0.2) is 0 Å². The predicted molar refractivity (Wildman–Crippen MR) is 84.7 cm³/mol. The number of nitrogens with one attached hydrogen (secondary N) is 1. The fraction of sp³-hybridized carbons (Fsp3) is 0.750. The summed E-state index contributed by atoms with van der Waals surface area (Å²) in [5, 5.41) is 3.66. The van der Waals surface area contributed by atoms with Crippen LogP contribution in [0, 0.1) is 11.8 Å². The fourth-order valence-corrected chi connectivity index (χ4v) is 3.82. The lowest BCUT2D eigenvalue weighted by Crippen LogP contribution is -2.28. The van der Waals surface area contributed by atoms with E-state index in [1.165, 1.54) is 36.3 Å². The van der Waals surface area contributed by atoms with Gasteiger partial charge in [-0.05, 0) is 50.9 Å². The van der Waals surface area contributed by atoms with Crippen molar-refractivity contribution in [3.05, 3.63) is 10.6 Å². The summed E-state index contributed by atoms with van der Waals surface area (Å²) in [6.07, 6.45) is 6.71. The van der Waals surface area contributed by atoms with Crippen LogP contribution >= 0.6 is 11.3 Å². The van der Waals surface area contributed by atoms with Gasteiger partial charge in [0.25, 0.3) is 5.91 Å². The number of carbonyl (C=O) groups is 1. The maximum Gasteiger partial charge on any atom is 0.254 e. The first-order valence-electron chi connectivity index (χ1n) is 8.06. The number of hydrogen-bond acceptors (Lipinski definition) is 4. The van der Waals surface area contributed by atoms with E-state index in [-0.39, 0.29) is 5.91 Å². The van der Waals surface area contributed by atoms with E-state index < -0.39 is 6.10 Å². The SMILES string of the molecule is CCC1CCc2nc(NC(=O)C(C)OCC3CC3)sc2C1. The van der Waals surface area contributed by atoms with Crippen LogP contribution in [0.25, 0.3) is 0 Å². The molecule has 0 aromatic carbocycles. The molecule has 2 aliphatic rings. The summed E-state index contributed by atoms with van der Waals surface area (Å²) in [6, 6.07) is 0. The Kier molecular flexibility index (Phi) is 4.60. The van der Waals surface area contributed by atoms with E-state index in [0.717, 1.165) is 23.9 Å². The molecule has 0 spiro atoms. The second-order valence-corrected chi connectivity index (χ2v) is 7.40. The van der Waals surface area contributed by atoms with Gasteiger partial charge in [0, 0.05) is 4.88 Å². The number of aromatic nitrogens is 1. The highest BCUT2D eigenvalue weighted by atomic mass is 32.1. The first-order valence-corrected chi connectivity index (χ1v) is 8.88. The number of aryl methyl sites for hydroxylation is 1. The van der Waals surface area contributed by atoms with Gasteiger partial charge in [0.15, 0.2) is 5.13 Å². The zero-order valence-electron chi connectivity index (χ0n) is 12.9. The third-order valence-corrected chi connectivity index (χ3v) is 5.53. The summed E-state index contributed by atoms with van der Waals surface area (Å²) < 4.78 is 5.60. The summed E-state index contributed by atoms with van der Waals surface area (Å²) in [5.74, 6) is 1.38. The van der Waals surface area contributed by atoms with E-state index in [9.17, 15) is 4.79 Å². The number of anilines is 1. The van der Waals surface area contributed by atoms with Gasteiger partial charge < -0.3 is 4.74 Å². The molecule has 1 N–H and O–H groups in total. The lowest BCUT2D eigenvalue weighted by atomic mass is 9.89. The monoisotopic (exact) mass is 308 g/mol. The van der Waals surface area contributed by atoms with Crippen molar-refractivity contribution in [2.45, 2.75) is 58.5 Å². The van der Waals surface area contributed by atoms with E-state index >= 15 is 0 Å². The van der Waals surface area contributed by atoms with Crippen molar-refractivity contribution in [2.24, 2.45) is 11.8 Å². The van der Waals surface area contributed by atoms with E-state index in [2.05, 4.69) is 17.2 Å². The molecule has 5 heteroatoms. The van der Waals surface area contributed by atoms with Crippen LogP contribution in [0.2, 0.25) is 0 Å². The Labute approximate surface area is 130 Å². The fourth-order valence-electron chi connectivity index (χ4n) is 2.69. The van der Waals surface area contributed by atoms with Gasteiger partial charge in [-0.1, -0.05) is 13.3 Å². The average molecular weight is 308 g/mol. The molecule has 4 nitrogen and oxygen atoms in total. The normalized spacial score (nSPS) is 22.7. The van der Waals surface area contributed by atoms with Crippen molar-refractivity contribution in [1.82, 2.24) is 4.98 Å². The van der Waals surface area contributed by atoms with Crippen LogP contribution in [0.4, 0.5) is 5.13 Å². The Morgan fingerprint density at radius 2 is 2.24 bits per heavy atom. The van der Waals surface area contributed by atoms with Crippen LogP contribution in [-0.4, -0.2) is 23.6 Å². The predicted octanol–water partition coefficient (Wildman–Crippen LogP) is 3.41. The second-order valence-electron chi connectivity index (χ2n) is 6.31. The van der Waals surface area contributed by atoms with E-state index in [0.29, 0.717) is 12.5 Å². The number of rotatable bonds is 6. The van der Waals surface area contributed by atoms with Crippen molar-refractivity contribution < 1.29 is 9.53 Å². The molecule has 1 fully saturated rings. The van der Waals surface area contributed by atoms with Gasteiger partial charge in [0.2, 0.25) is 0 Å². The molecule has 1 amide bonds. The van der Waals surface area contributed by atoms with Crippen molar-refractivity contribution in [1.29, 1.82) is 0 Å². The molecule has 3 rings (SSSR count). The van der Waals surface area contributed by atoms with Crippen molar-refractivity contribution in [3.63, 3.8) is 0 Å². The van der Waals surface area contributed by atoms with Crippen molar-refractivity contribution in [3.8, 4) is 0 Å². The minimum Gasteiger partial charge on any atom is -0.368 e. The lowest BCUT2D eigenvalue weighted by molar-refractivity contribution is -0.126. The number of carbonyl (C=O) groups excluding carboxylic acids is 1. The molecule has 1 aromatic heterocycles. The summed E-state index contributed by atoms with van der Waals surface area (Å²) in [4.78, 5) is 18.0. The highest BCUT2D eigenvalue weighted by Crippen LogP contribution is 2.33. The van der Waals surface area contributed by atoms with E-state index in [1.54, 1.807) is 11.3 Å². The standard InChI is InChI=1S/C16H24N2O2S/c1-3-11-6-7-13-14(8-11)21-16(17-13)18-15(19)10(2)20-9-12-4-5-12/h10-12H,3-9H2,1-2H3,(H,17,18,19). The Balaban J connectivity index is 1.54. The zero-order chi connectivity index (χ0) is 14.8. The number of amides is 1. The van der Waals surface area contributed by atoms with E-state index in [4.69, 9.17) is 4.74 Å². The first-order chi connectivity index (χ1) is 10.2. The molecule has 0 saturated heterocycles. The van der Waals surface area contributed by atoms with Gasteiger partial charge in [0.05, 0.1) is 12.3 Å². The molecule has 2 unspecified atom stereocenters. The van der Waals surface area contributed by atoms with Crippen LogP contribution in [0.3, 0.4) is 0 Å². The summed E-state index contributed by atoms with van der Waals surface area (Å²) in [6.45, 7) is 4.78. The maximum absolute atomic E-state index is 12.1. The number of fused-ring (bicyclic) bond motifs is 1. The molecule has 21 heavy (non-hydrogen) atoms. The molecule has 0 radical (unpaired) electrons. The van der Waals surface area contributed by atoms with Crippen LogP contribution < -0.4 is 5.32 Å². The summed E-state index contributed by atoms with van der Waals surface area (Å²) >= 11 is 1.64. The molecule has 2 aliphatic carbocycles. The Bertz CT molecular complexity index is 510. The number of thiazole rings is 1. The molecule has 0 bridgehead atoms. The van der Waals surface area contributed by atoms with Gasteiger partial charge in [-0.15, -0.1) is 11.3 Å². The average Bonchev–Trinajstić information content (AvgIpc) is 3.23. The molecule has 2 atom stereocenters. The van der Waals surface area contributed by atoms with Gasteiger partial charge in [-0.2, -0.15) is 0 Å². The van der Waals surface area contributed by atoms with Crippen LogP contribution in [-0.2, 0) is 22.4 Å². The molecular weight excluding hydrogens is 284 g/mol. The van der Waals surface area contributed by atoms with Gasteiger partial charge >= 0.3 is 0 Å². The quantitative estimate of drug-likeness (QED) is 0.876. The molecular formula is C16H24N2O2S. The third kappa shape index (κ3) is 3.83.